The number of benzene rings is 2. The number of amides is 1. The van der Waals surface area contributed by atoms with E-state index in [1.165, 1.54) is 46.0 Å². The number of rotatable bonds is 4. The maximum Gasteiger partial charge on any atom is 0.253 e. The zero-order chi connectivity index (χ0) is 21.4. The molecule has 31 heavy (non-hydrogen) atoms. The second-order valence-corrected chi connectivity index (χ2v) is 8.53. The van der Waals surface area contributed by atoms with Crippen molar-refractivity contribution in [3.8, 4) is 0 Å². The summed E-state index contributed by atoms with van der Waals surface area (Å²) in [6, 6.07) is 14.5. The first-order valence-corrected chi connectivity index (χ1v) is 11.0. The van der Waals surface area contributed by atoms with E-state index >= 15 is 0 Å². The summed E-state index contributed by atoms with van der Waals surface area (Å²) in [5, 5.41) is 5.13. The van der Waals surface area contributed by atoms with Crippen molar-refractivity contribution in [3.05, 3.63) is 91.8 Å². The van der Waals surface area contributed by atoms with Crippen LogP contribution in [0.2, 0.25) is 0 Å². The zero-order valence-electron chi connectivity index (χ0n) is 17.9. The van der Waals surface area contributed by atoms with E-state index in [1.54, 1.807) is 11.1 Å². The molecule has 0 unspecified atom stereocenters. The second kappa shape index (κ2) is 8.03. The van der Waals surface area contributed by atoms with Crippen molar-refractivity contribution in [2.75, 3.05) is 19.3 Å². The Morgan fingerprint density at radius 1 is 1.03 bits per heavy atom. The van der Waals surface area contributed by atoms with Crippen LogP contribution in [0.1, 0.15) is 39.9 Å². The van der Waals surface area contributed by atoms with Crippen molar-refractivity contribution in [2.45, 2.75) is 32.1 Å². The number of hydrogen-bond donors (Lipinski definition) is 1. The van der Waals surface area contributed by atoms with Gasteiger partial charge in [0, 0.05) is 25.4 Å². The highest BCUT2D eigenvalue weighted by molar-refractivity contribution is 5.94. The van der Waals surface area contributed by atoms with Gasteiger partial charge in [0.1, 0.15) is 5.82 Å². The summed E-state index contributed by atoms with van der Waals surface area (Å²) in [4.78, 5) is 18.8. The van der Waals surface area contributed by atoms with E-state index in [0.29, 0.717) is 12.4 Å². The maximum absolute atomic E-state index is 13.0. The zero-order valence-corrected chi connectivity index (χ0v) is 17.9. The molecule has 0 spiro atoms. The van der Waals surface area contributed by atoms with Crippen molar-refractivity contribution < 1.29 is 4.79 Å². The van der Waals surface area contributed by atoms with Gasteiger partial charge in [-0.3, -0.25) is 4.79 Å². The summed E-state index contributed by atoms with van der Waals surface area (Å²) < 4.78 is 0. The van der Waals surface area contributed by atoms with Crippen LogP contribution in [-0.4, -0.2) is 29.4 Å². The molecule has 156 valence electrons. The lowest BCUT2D eigenvalue weighted by molar-refractivity contribution is 0.0796. The summed E-state index contributed by atoms with van der Waals surface area (Å²) >= 11 is 0. The monoisotopic (exact) mass is 409 g/mol. The molecule has 0 bridgehead atoms. The molecule has 1 aromatic heterocycles. The average Bonchev–Trinajstić information content (AvgIpc) is 2.81. The van der Waals surface area contributed by atoms with Crippen LogP contribution in [0.25, 0.3) is 12.2 Å². The molecule has 0 radical (unpaired) electrons. The third kappa shape index (κ3) is 3.74. The lowest BCUT2D eigenvalue weighted by Gasteiger charge is -2.18. The number of nitrogen functional groups attached to an aromatic ring is 1. The van der Waals surface area contributed by atoms with Crippen LogP contribution in [0, 0.1) is 10.4 Å². The van der Waals surface area contributed by atoms with E-state index in [2.05, 4.69) is 35.3 Å². The Kier molecular flexibility index (Phi) is 5.06. The van der Waals surface area contributed by atoms with Crippen molar-refractivity contribution >= 4 is 23.9 Å². The second-order valence-electron chi connectivity index (χ2n) is 8.53. The maximum atomic E-state index is 13.0. The van der Waals surface area contributed by atoms with E-state index in [4.69, 9.17) is 5.73 Å². The number of hydrogen-bond acceptors (Lipinski definition) is 3. The highest BCUT2D eigenvalue weighted by Crippen LogP contribution is 2.18. The van der Waals surface area contributed by atoms with Crippen molar-refractivity contribution in [3.63, 3.8) is 0 Å². The molecule has 0 saturated carbocycles. The number of carbonyl (C=O) groups is 1. The van der Waals surface area contributed by atoms with Gasteiger partial charge in [-0.1, -0.05) is 30.4 Å². The van der Waals surface area contributed by atoms with Gasteiger partial charge in [0.05, 0.1) is 0 Å². The fraction of sp³-hybridized carbons (Fsp3) is 0.259. The van der Waals surface area contributed by atoms with Crippen LogP contribution in [0.4, 0.5) is 5.82 Å². The average molecular weight is 410 g/mol. The van der Waals surface area contributed by atoms with Crippen molar-refractivity contribution in [2.24, 2.45) is 0 Å². The molecule has 4 heteroatoms. The third-order valence-electron chi connectivity index (χ3n) is 6.51. The van der Waals surface area contributed by atoms with Gasteiger partial charge in [-0.2, -0.15) is 0 Å². The molecule has 0 fully saturated rings. The number of nitrogens with zero attached hydrogens (tertiary/aromatic N) is 2. The Bertz CT molecular complexity index is 1390. The minimum atomic E-state index is 0.0454. The molecule has 2 aliphatic carbocycles. The Hall–Kier alpha value is -3.40. The lowest BCUT2D eigenvalue weighted by atomic mass is 9.88. The van der Waals surface area contributed by atoms with Crippen LogP contribution in [0.5, 0.6) is 0 Å². The van der Waals surface area contributed by atoms with Gasteiger partial charge >= 0.3 is 0 Å². The fourth-order valence-electron chi connectivity index (χ4n) is 4.81. The fourth-order valence-corrected chi connectivity index (χ4v) is 4.81. The van der Waals surface area contributed by atoms with Crippen LogP contribution in [0.3, 0.4) is 0 Å². The van der Waals surface area contributed by atoms with Gasteiger partial charge in [-0.15, -0.1) is 0 Å². The minimum absolute atomic E-state index is 0.0454. The molecule has 4 nitrogen and oxygen atoms in total. The molecule has 2 aromatic carbocycles. The molecule has 1 heterocycles. The predicted octanol–water partition coefficient (Wildman–Crippen LogP) is 2.72. The van der Waals surface area contributed by atoms with Crippen molar-refractivity contribution in [1.82, 2.24) is 9.88 Å². The SMILES string of the molecule is CN(CCc1ccnc(N)c1)C(=O)c1ccc2c(c1)=CCc1c3c(ccc1=2)=CCCC3. The summed E-state index contributed by atoms with van der Waals surface area (Å²) in [7, 11) is 1.86. The molecule has 0 aliphatic heterocycles. The number of fused-ring (bicyclic) bond motifs is 4. The number of anilines is 1. The molecule has 0 saturated heterocycles. The highest BCUT2D eigenvalue weighted by atomic mass is 16.2. The van der Waals surface area contributed by atoms with Crippen LogP contribution < -0.4 is 16.2 Å². The standard InChI is InChI=1S/C27H27N3O/c1-30(15-13-18-12-14-29-26(28)16-18)27(31)21-8-9-23-20(17-21)7-11-24-22-5-3-2-4-19(22)6-10-25(23)24/h4,6-10,12,14,16-17H,2-3,5,11,13,15H2,1H3,(H2,28,29). The van der Waals surface area contributed by atoms with Gasteiger partial charge in [-0.05, 0) is 93.9 Å². The Morgan fingerprint density at radius 2 is 1.90 bits per heavy atom. The molecule has 2 N–H and O–H groups in total. The van der Waals surface area contributed by atoms with Crippen LogP contribution in [-0.2, 0) is 19.3 Å². The number of nitrogens with two attached hydrogens (primary N) is 1. The van der Waals surface area contributed by atoms with Gasteiger partial charge in [0.15, 0.2) is 0 Å². The molecule has 5 rings (SSSR count). The molecule has 0 atom stereocenters. The minimum Gasteiger partial charge on any atom is -0.384 e. The first kappa shape index (κ1) is 19.6. The van der Waals surface area contributed by atoms with Gasteiger partial charge in [-0.25, -0.2) is 4.98 Å². The molecular formula is C27H27N3O. The number of likely N-dealkylation sites (N-methyl/N-ethyl adjacent to an activating group) is 1. The predicted molar refractivity (Wildman–Crippen MR) is 125 cm³/mol. The van der Waals surface area contributed by atoms with Crippen molar-refractivity contribution in [1.29, 1.82) is 0 Å². The van der Waals surface area contributed by atoms with E-state index in [-0.39, 0.29) is 5.91 Å². The third-order valence-corrected chi connectivity index (χ3v) is 6.51. The first-order valence-electron chi connectivity index (χ1n) is 11.0. The first-order chi connectivity index (χ1) is 15.1. The van der Waals surface area contributed by atoms with E-state index in [1.807, 2.05) is 31.3 Å². The normalized spacial score (nSPS) is 13.8. The summed E-state index contributed by atoms with van der Waals surface area (Å²) in [6.45, 7) is 0.633. The Balaban J connectivity index is 1.44. The van der Waals surface area contributed by atoms with Gasteiger partial charge in [0.25, 0.3) is 5.91 Å². The smallest absolute Gasteiger partial charge is 0.253 e. The molecule has 3 aromatic rings. The molecule has 1 amide bonds. The van der Waals surface area contributed by atoms with E-state index in [0.717, 1.165) is 29.2 Å². The lowest BCUT2D eigenvalue weighted by Crippen LogP contribution is -2.30. The number of pyridine rings is 1. The van der Waals surface area contributed by atoms with E-state index < -0.39 is 0 Å². The van der Waals surface area contributed by atoms with Crippen LogP contribution >= 0.6 is 0 Å². The summed E-state index contributed by atoms with van der Waals surface area (Å²) in [5.74, 6) is 0.556. The van der Waals surface area contributed by atoms with Gasteiger partial charge < -0.3 is 10.6 Å². The quantitative estimate of drug-likeness (QED) is 0.721. The molecular weight excluding hydrogens is 382 g/mol. The number of aromatic nitrogens is 1. The van der Waals surface area contributed by atoms with Crippen LogP contribution in [0.15, 0.2) is 48.7 Å². The number of carbonyl (C=O) groups excluding carboxylic acids is 1. The van der Waals surface area contributed by atoms with E-state index in [9.17, 15) is 4.79 Å². The topological polar surface area (TPSA) is 59.2 Å². The summed E-state index contributed by atoms with van der Waals surface area (Å²) in [6.07, 6.45) is 11.6. The Morgan fingerprint density at radius 3 is 2.77 bits per heavy atom. The Labute approximate surface area is 182 Å². The largest absolute Gasteiger partial charge is 0.384 e. The molecule has 2 aliphatic rings. The van der Waals surface area contributed by atoms with Gasteiger partial charge in [0.2, 0.25) is 0 Å². The summed E-state index contributed by atoms with van der Waals surface area (Å²) in [5.41, 5.74) is 10.6. The highest BCUT2D eigenvalue weighted by Gasteiger charge is 2.15.